The molecular weight excluding hydrogens is 434 g/mol. The zero-order chi connectivity index (χ0) is 23.9. The summed E-state index contributed by atoms with van der Waals surface area (Å²) in [6, 6.07) is 19.3. The smallest absolute Gasteiger partial charge is 0.394 e. The van der Waals surface area contributed by atoms with Crippen LogP contribution in [0.1, 0.15) is 18.9 Å². The molecule has 0 aliphatic heterocycles. The number of carboxylic acid groups (broad SMARTS) is 1. The van der Waals surface area contributed by atoms with Crippen molar-refractivity contribution in [1.82, 2.24) is 25.6 Å². The first-order valence-electron chi connectivity index (χ1n) is 10.7. The second-order valence-corrected chi connectivity index (χ2v) is 7.53. The van der Waals surface area contributed by atoms with E-state index in [2.05, 4.69) is 30.9 Å². The Labute approximate surface area is 195 Å². The molecule has 10 heteroatoms. The Morgan fingerprint density at radius 2 is 1.79 bits per heavy atom. The molecule has 2 heterocycles. The number of carboxylic acids is 1. The van der Waals surface area contributed by atoms with Gasteiger partial charge in [0.15, 0.2) is 5.82 Å². The average Bonchev–Trinajstić information content (AvgIpc) is 3.39. The lowest BCUT2D eigenvalue weighted by molar-refractivity contribution is -0.147. The molecule has 2 aromatic heterocycles. The number of benzene rings is 2. The van der Waals surface area contributed by atoms with Crippen LogP contribution in [0.3, 0.4) is 0 Å². The highest BCUT2D eigenvalue weighted by atomic mass is 16.4. The number of carbonyl (C=O) groups is 2. The van der Waals surface area contributed by atoms with Crippen LogP contribution in [0.4, 0.5) is 11.5 Å². The van der Waals surface area contributed by atoms with Gasteiger partial charge in [-0.2, -0.15) is 5.21 Å². The van der Waals surface area contributed by atoms with Crippen molar-refractivity contribution in [2.45, 2.75) is 19.9 Å². The molecule has 4 rings (SSSR count). The first kappa shape index (κ1) is 22.6. The number of aromatic nitrogens is 5. The number of tetrazole rings is 1. The molecule has 10 nitrogen and oxygen atoms in total. The molecule has 0 saturated heterocycles. The van der Waals surface area contributed by atoms with Crippen LogP contribution in [0.5, 0.6) is 0 Å². The van der Waals surface area contributed by atoms with Crippen molar-refractivity contribution in [3.63, 3.8) is 0 Å². The maximum absolute atomic E-state index is 11.7. The number of hydrogen-bond donors (Lipinski definition) is 3. The molecule has 2 aromatic carbocycles. The van der Waals surface area contributed by atoms with Crippen molar-refractivity contribution >= 4 is 23.4 Å². The van der Waals surface area contributed by atoms with Gasteiger partial charge in [-0.3, -0.25) is 4.79 Å². The summed E-state index contributed by atoms with van der Waals surface area (Å²) in [6.07, 6.45) is 2.46. The van der Waals surface area contributed by atoms with Crippen LogP contribution in [0.25, 0.3) is 22.5 Å². The van der Waals surface area contributed by atoms with E-state index in [1.54, 1.807) is 18.3 Å². The number of aromatic amines is 1. The Hall–Kier alpha value is -4.60. The highest BCUT2D eigenvalue weighted by Gasteiger charge is 2.18. The van der Waals surface area contributed by atoms with E-state index in [9.17, 15) is 9.59 Å². The van der Waals surface area contributed by atoms with E-state index in [0.717, 1.165) is 28.7 Å². The Balaban J connectivity index is 1.59. The molecule has 3 N–H and O–H groups in total. The molecule has 4 aromatic rings. The zero-order valence-electron chi connectivity index (χ0n) is 18.5. The molecular formula is C24H23N7O3. The van der Waals surface area contributed by atoms with Gasteiger partial charge in [-0.25, -0.2) is 9.78 Å². The molecule has 0 aliphatic rings. The molecule has 0 spiro atoms. The van der Waals surface area contributed by atoms with E-state index < -0.39 is 11.9 Å². The van der Waals surface area contributed by atoms with Crippen LogP contribution in [-0.2, 0) is 16.1 Å². The maximum atomic E-state index is 11.7. The topological polar surface area (TPSA) is 137 Å². The van der Waals surface area contributed by atoms with Gasteiger partial charge in [0.1, 0.15) is 0 Å². The summed E-state index contributed by atoms with van der Waals surface area (Å²) < 4.78 is 0. The second-order valence-electron chi connectivity index (χ2n) is 7.53. The third kappa shape index (κ3) is 5.07. The van der Waals surface area contributed by atoms with E-state index in [0.29, 0.717) is 30.4 Å². The number of carbonyl (C=O) groups excluding carboxylic acids is 1. The normalized spacial score (nSPS) is 10.6. The van der Waals surface area contributed by atoms with Gasteiger partial charge in [0.2, 0.25) is 5.82 Å². The van der Waals surface area contributed by atoms with Gasteiger partial charge in [-0.1, -0.05) is 55.5 Å². The number of rotatable bonds is 8. The molecule has 0 saturated carbocycles. The van der Waals surface area contributed by atoms with Crippen molar-refractivity contribution in [1.29, 1.82) is 0 Å². The number of amides is 1. The number of nitrogens with one attached hydrogen (secondary N) is 2. The van der Waals surface area contributed by atoms with E-state index in [1.807, 2.05) is 60.4 Å². The largest absolute Gasteiger partial charge is 0.474 e. The molecule has 172 valence electrons. The summed E-state index contributed by atoms with van der Waals surface area (Å²) in [7, 11) is 0. The molecule has 34 heavy (non-hydrogen) atoms. The third-order valence-electron chi connectivity index (χ3n) is 5.17. The van der Waals surface area contributed by atoms with Gasteiger partial charge in [0, 0.05) is 24.8 Å². The van der Waals surface area contributed by atoms with Gasteiger partial charge in [0.05, 0.1) is 5.69 Å². The first-order chi connectivity index (χ1) is 16.6. The Kier molecular flexibility index (Phi) is 6.87. The Morgan fingerprint density at radius 3 is 2.47 bits per heavy atom. The summed E-state index contributed by atoms with van der Waals surface area (Å²) in [5.74, 6) is -1.60. The van der Waals surface area contributed by atoms with Crippen molar-refractivity contribution in [3.05, 3.63) is 72.4 Å². The molecule has 1 amide bonds. The maximum Gasteiger partial charge on any atom is 0.394 e. The summed E-state index contributed by atoms with van der Waals surface area (Å²) in [5, 5.41) is 25.7. The van der Waals surface area contributed by atoms with Gasteiger partial charge in [-0.15, -0.1) is 10.2 Å². The molecule has 0 aliphatic carbocycles. The number of aliphatic carboxylic acids is 1. The SMILES string of the molecule is CCCN(Cc1ccc(-c2ccccc2-c2nn[nH]n2)cc1)c1ncccc1NC(=O)C(=O)O. The van der Waals surface area contributed by atoms with Crippen LogP contribution >= 0.6 is 0 Å². The molecule has 0 atom stereocenters. The number of hydrogen-bond acceptors (Lipinski definition) is 7. The van der Waals surface area contributed by atoms with Crippen LogP contribution in [0.2, 0.25) is 0 Å². The lowest BCUT2D eigenvalue weighted by Gasteiger charge is -2.25. The van der Waals surface area contributed by atoms with E-state index >= 15 is 0 Å². The molecule has 0 unspecified atom stereocenters. The van der Waals surface area contributed by atoms with E-state index in [-0.39, 0.29) is 0 Å². The van der Waals surface area contributed by atoms with E-state index in [4.69, 9.17) is 5.11 Å². The van der Waals surface area contributed by atoms with Crippen LogP contribution < -0.4 is 10.2 Å². The van der Waals surface area contributed by atoms with Crippen LogP contribution in [0.15, 0.2) is 66.9 Å². The minimum atomic E-state index is -1.55. The Morgan fingerprint density at radius 1 is 1.03 bits per heavy atom. The van der Waals surface area contributed by atoms with Crippen LogP contribution in [-0.4, -0.2) is 49.1 Å². The molecule has 0 bridgehead atoms. The molecule has 0 radical (unpaired) electrons. The predicted molar refractivity (Wildman–Crippen MR) is 127 cm³/mol. The lowest BCUT2D eigenvalue weighted by Crippen LogP contribution is -2.28. The van der Waals surface area contributed by atoms with Gasteiger partial charge < -0.3 is 15.3 Å². The van der Waals surface area contributed by atoms with Crippen molar-refractivity contribution < 1.29 is 14.7 Å². The minimum absolute atomic E-state index is 0.356. The summed E-state index contributed by atoms with van der Waals surface area (Å²) in [4.78, 5) is 29.1. The van der Waals surface area contributed by atoms with E-state index in [1.165, 1.54) is 0 Å². The van der Waals surface area contributed by atoms with Crippen LogP contribution in [0, 0.1) is 0 Å². The van der Waals surface area contributed by atoms with Crippen molar-refractivity contribution in [2.24, 2.45) is 0 Å². The lowest BCUT2D eigenvalue weighted by atomic mass is 9.98. The fourth-order valence-electron chi connectivity index (χ4n) is 3.67. The highest BCUT2D eigenvalue weighted by Crippen LogP contribution is 2.30. The number of anilines is 2. The number of nitrogens with zero attached hydrogens (tertiary/aromatic N) is 5. The summed E-state index contributed by atoms with van der Waals surface area (Å²) in [5.41, 5.74) is 4.27. The first-order valence-corrected chi connectivity index (χ1v) is 10.7. The predicted octanol–water partition coefficient (Wildman–Crippen LogP) is 3.37. The summed E-state index contributed by atoms with van der Waals surface area (Å²) in [6.45, 7) is 3.26. The third-order valence-corrected chi connectivity index (χ3v) is 5.17. The quantitative estimate of drug-likeness (QED) is 0.343. The standard InChI is InChI=1S/C24H23N7O3/c1-2-14-31(22-20(8-5-13-25-22)26-23(32)24(33)34)15-16-9-11-17(12-10-16)18-6-3-4-7-19(18)21-27-29-30-28-21/h3-13H,2,14-15H2,1H3,(H,26,32)(H,33,34)(H,27,28,29,30). The van der Waals surface area contributed by atoms with Crippen molar-refractivity contribution in [3.8, 4) is 22.5 Å². The summed E-state index contributed by atoms with van der Waals surface area (Å²) >= 11 is 0. The molecule has 0 fully saturated rings. The van der Waals surface area contributed by atoms with Gasteiger partial charge in [-0.05, 0) is 40.5 Å². The fraction of sp³-hybridized carbons (Fsp3) is 0.167. The minimum Gasteiger partial charge on any atom is -0.474 e. The van der Waals surface area contributed by atoms with Gasteiger partial charge >= 0.3 is 11.9 Å². The number of pyridine rings is 1. The monoisotopic (exact) mass is 457 g/mol. The van der Waals surface area contributed by atoms with Gasteiger partial charge in [0.25, 0.3) is 0 Å². The highest BCUT2D eigenvalue weighted by molar-refractivity contribution is 6.36. The second kappa shape index (κ2) is 10.3. The number of H-pyrrole nitrogens is 1. The average molecular weight is 457 g/mol. The van der Waals surface area contributed by atoms with Crippen molar-refractivity contribution in [2.75, 3.05) is 16.8 Å². The fourth-order valence-corrected chi connectivity index (χ4v) is 3.67. The Bertz CT molecular complexity index is 1270. The zero-order valence-corrected chi connectivity index (χ0v) is 18.5.